The molecule has 0 aromatic heterocycles. The first-order valence-corrected chi connectivity index (χ1v) is 13.3. The van der Waals surface area contributed by atoms with Gasteiger partial charge in [-0.15, -0.1) is 0 Å². The molecule has 0 aliphatic carbocycles. The lowest BCUT2D eigenvalue weighted by Crippen LogP contribution is -2.47. The maximum absolute atomic E-state index is 12.5. The van der Waals surface area contributed by atoms with E-state index in [-0.39, 0.29) is 11.9 Å². The fourth-order valence-corrected chi connectivity index (χ4v) is 6.57. The summed E-state index contributed by atoms with van der Waals surface area (Å²) in [6.45, 7) is 7.08. The van der Waals surface area contributed by atoms with Crippen molar-refractivity contribution in [2.45, 2.75) is 45.3 Å². The van der Waals surface area contributed by atoms with Gasteiger partial charge in [0.2, 0.25) is 0 Å². The molecular weight excluding hydrogens is 468 g/mol. The first-order chi connectivity index (χ1) is 17.9. The number of esters is 2. The van der Waals surface area contributed by atoms with E-state index in [1.54, 1.807) is 6.07 Å². The molecule has 4 heterocycles. The van der Waals surface area contributed by atoms with Crippen LogP contribution in [0.1, 0.15) is 64.4 Å². The van der Waals surface area contributed by atoms with E-state index in [0.29, 0.717) is 30.7 Å². The summed E-state index contributed by atoms with van der Waals surface area (Å²) < 4.78 is 10.6. The highest BCUT2D eigenvalue weighted by Gasteiger charge is 2.40. The first kappa shape index (κ1) is 24.2. The number of hydrogen-bond acceptors (Lipinski definition) is 7. The number of aliphatic hydroxyl groups excluding tert-OH is 1. The van der Waals surface area contributed by atoms with Crippen molar-refractivity contribution in [2.75, 3.05) is 39.3 Å². The second-order valence-electron chi connectivity index (χ2n) is 10.9. The Morgan fingerprint density at radius 1 is 0.892 bits per heavy atom. The largest absolute Gasteiger partial charge is 0.457 e. The van der Waals surface area contributed by atoms with Crippen molar-refractivity contribution >= 4 is 17.5 Å². The number of carbonyl (C=O) groups excluding carboxylic acids is 2. The minimum Gasteiger partial charge on any atom is -0.457 e. The molecule has 0 radical (unpaired) electrons. The minimum atomic E-state index is -0.583. The molecular formula is C30H34N2O5. The lowest BCUT2D eigenvalue weighted by molar-refractivity contribution is -0.134. The Morgan fingerprint density at radius 3 is 2.30 bits per heavy atom. The summed E-state index contributed by atoms with van der Waals surface area (Å²) in [7, 11) is 0. The molecule has 6 rings (SSSR count). The normalized spacial score (nSPS) is 22.3. The second kappa shape index (κ2) is 9.62. The monoisotopic (exact) mass is 502 g/mol. The van der Waals surface area contributed by atoms with Crippen LogP contribution in [0.15, 0.2) is 48.2 Å². The van der Waals surface area contributed by atoms with Crippen LogP contribution in [0.4, 0.5) is 0 Å². The molecule has 1 N–H and O–H groups in total. The van der Waals surface area contributed by atoms with Gasteiger partial charge in [-0.2, -0.15) is 0 Å². The van der Waals surface area contributed by atoms with Gasteiger partial charge in [-0.05, 0) is 73.9 Å². The van der Waals surface area contributed by atoms with E-state index in [1.165, 1.54) is 0 Å². The van der Waals surface area contributed by atoms with Crippen LogP contribution in [0.25, 0.3) is 5.57 Å². The van der Waals surface area contributed by atoms with Gasteiger partial charge in [-0.25, -0.2) is 9.59 Å². The van der Waals surface area contributed by atoms with E-state index in [2.05, 4.69) is 9.80 Å². The average Bonchev–Trinajstić information content (AvgIpc) is 3.49. The van der Waals surface area contributed by atoms with Gasteiger partial charge < -0.3 is 24.4 Å². The fraction of sp³-hybridized carbons (Fsp3) is 0.467. The van der Waals surface area contributed by atoms with Gasteiger partial charge >= 0.3 is 11.9 Å². The van der Waals surface area contributed by atoms with Gasteiger partial charge in [0.05, 0.1) is 22.9 Å². The third kappa shape index (κ3) is 4.44. The minimum absolute atomic E-state index is 0.217. The lowest BCUT2D eigenvalue weighted by atomic mass is 9.71. The number of ether oxygens (including phenoxy) is 2. The van der Waals surface area contributed by atoms with E-state index in [9.17, 15) is 14.7 Å². The summed E-state index contributed by atoms with van der Waals surface area (Å²) in [4.78, 5) is 29.1. The molecule has 1 atom stereocenters. The van der Waals surface area contributed by atoms with Crippen molar-refractivity contribution in [3.8, 4) is 0 Å². The molecule has 0 bridgehead atoms. The Hall–Kier alpha value is -3.16. The quantitative estimate of drug-likeness (QED) is 0.623. The van der Waals surface area contributed by atoms with Gasteiger partial charge in [-0.1, -0.05) is 36.4 Å². The number of hydrogen-bond donors (Lipinski definition) is 1. The number of fused-ring (bicyclic) bond motifs is 1. The third-order valence-corrected chi connectivity index (χ3v) is 9.02. The molecule has 2 fully saturated rings. The molecule has 0 saturated carbocycles. The van der Waals surface area contributed by atoms with Gasteiger partial charge in [0.25, 0.3) is 0 Å². The maximum Gasteiger partial charge on any atom is 0.341 e. The van der Waals surface area contributed by atoms with E-state index in [1.807, 2.05) is 43.3 Å². The zero-order valence-corrected chi connectivity index (χ0v) is 21.4. The van der Waals surface area contributed by atoms with E-state index in [0.717, 1.165) is 85.4 Å². The highest BCUT2D eigenvalue weighted by molar-refractivity contribution is 6.19. The molecule has 37 heavy (non-hydrogen) atoms. The lowest BCUT2D eigenvalue weighted by Gasteiger charge is -2.48. The highest BCUT2D eigenvalue weighted by Crippen LogP contribution is 2.43. The highest BCUT2D eigenvalue weighted by atomic mass is 16.5. The fourth-order valence-electron chi connectivity index (χ4n) is 6.57. The Balaban J connectivity index is 1.06. The van der Waals surface area contributed by atoms with Crippen LogP contribution in [0, 0.1) is 12.3 Å². The number of aliphatic hydroxyl groups is 1. The standard InChI is InChI=1S/C30H34N2O5/c1-20-22(7-8-23-24(20)18-36-28(23)34)26(33)17-31-13-9-30(10-14-31)11-15-32(16-12-30)25-19-37-29(35)27(25)21-5-3-2-4-6-21/h2-8,26,33H,9-19H2,1H3/t26-/m0/s1. The van der Waals surface area contributed by atoms with Crippen molar-refractivity contribution in [1.82, 2.24) is 9.80 Å². The van der Waals surface area contributed by atoms with Crippen LogP contribution in [0.2, 0.25) is 0 Å². The number of carbonyl (C=O) groups is 2. The number of likely N-dealkylation sites (tertiary alicyclic amines) is 2. The van der Waals surface area contributed by atoms with Crippen LogP contribution >= 0.6 is 0 Å². The predicted octanol–water partition coefficient (Wildman–Crippen LogP) is 3.84. The van der Waals surface area contributed by atoms with Crippen molar-refractivity contribution < 1.29 is 24.2 Å². The SMILES string of the molecule is Cc1c([C@@H](O)CN2CCC3(CC2)CCN(C2=C(c4ccccc4)C(=O)OC2)CC3)ccc2c1COC2=O. The number of rotatable bonds is 5. The molecule has 4 aliphatic heterocycles. The maximum atomic E-state index is 12.5. The second-order valence-corrected chi connectivity index (χ2v) is 10.9. The van der Waals surface area contributed by atoms with Crippen LogP contribution in [-0.4, -0.2) is 66.2 Å². The molecule has 0 amide bonds. The van der Waals surface area contributed by atoms with Gasteiger partial charge in [0.1, 0.15) is 13.2 Å². The van der Waals surface area contributed by atoms with Gasteiger partial charge in [-0.3, -0.25) is 0 Å². The number of β-amino-alcohol motifs (C(OH)–C–C–N with tert-alkyl or cyclic N) is 1. The molecule has 194 valence electrons. The molecule has 7 heteroatoms. The molecule has 2 aromatic rings. The number of nitrogens with zero attached hydrogens (tertiary/aromatic N) is 2. The molecule has 4 aliphatic rings. The van der Waals surface area contributed by atoms with Crippen molar-refractivity contribution in [2.24, 2.45) is 5.41 Å². The summed E-state index contributed by atoms with van der Waals surface area (Å²) in [6, 6.07) is 13.5. The van der Waals surface area contributed by atoms with Crippen LogP contribution in [-0.2, 0) is 20.9 Å². The van der Waals surface area contributed by atoms with Crippen molar-refractivity contribution in [3.05, 3.63) is 76.0 Å². The number of benzene rings is 2. The Labute approximate surface area is 217 Å². The zero-order valence-electron chi connectivity index (χ0n) is 21.4. The number of piperidine rings is 2. The van der Waals surface area contributed by atoms with Crippen LogP contribution in [0.3, 0.4) is 0 Å². The summed E-state index contributed by atoms with van der Waals surface area (Å²) in [6.07, 6.45) is 3.89. The topological polar surface area (TPSA) is 79.3 Å². The van der Waals surface area contributed by atoms with Crippen LogP contribution < -0.4 is 0 Å². The molecule has 2 saturated heterocycles. The smallest absolute Gasteiger partial charge is 0.341 e. The van der Waals surface area contributed by atoms with Crippen molar-refractivity contribution in [3.63, 3.8) is 0 Å². The molecule has 2 aromatic carbocycles. The van der Waals surface area contributed by atoms with Crippen molar-refractivity contribution in [1.29, 1.82) is 0 Å². The zero-order chi connectivity index (χ0) is 25.6. The number of cyclic esters (lactones) is 2. The van der Waals surface area contributed by atoms with Gasteiger partial charge in [0, 0.05) is 25.2 Å². The summed E-state index contributed by atoms with van der Waals surface area (Å²) >= 11 is 0. The predicted molar refractivity (Wildman–Crippen MR) is 138 cm³/mol. The average molecular weight is 503 g/mol. The van der Waals surface area contributed by atoms with E-state index < -0.39 is 6.10 Å². The molecule has 0 unspecified atom stereocenters. The molecule has 7 nitrogen and oxygen atoms in total. The molecule has 1 spiro atoms. The Morgan fingerprint density at radius 2 is 1.57 bits per heavy atom. The summed E-state index contributed by atoms with van der Waals surface area (Å²) in [5.74, 6) is -0.489. The first-order valence-electron chi connectivity index (χ1n) is 13.3. The Bertz CT molecular complexity index is 1240. The Kier molecular flexibility index (Phi) is 6.29. The summed E-state index contributed by atoms with van der Waals surface area (Å²) in [5, 5.41) is 11.0. The van der Waals surface area contributed by atoms with Gasteiger partial charge in [0.15, 0.2) is 0 Å². The van der Waals surface area contributed by atoms with E-state index in [4.69, 9.17) is 9.47 Å². The van der Waals surface area contributed by atoms with Crippen LogP contribution in [0.5, 0.6) is 0 Å². The van der Waals surface area contributed by atoms with E-state index >= 15 is 0 Å². The summed E-state index contributed by atoms with van der Waals surface area (Å²) in [5.41, 5.74) is 6.41. The third-order valence-electron chi connectivity index (χ3n) is 9.02.